The summed E-state index contributed by atoms with van der Waals surface area (Å²) in [4.78, 5) is 0. The molecule has 0 unspecified atom stereocenters. The van der Waals surface area contributed by atoms with Gasteiger partial charge in [0.25, 0.3) is 0 Å². The van der Waals surface area contributed by atoms with Gasteiger partial charge in [-0.2, -0.15) is 0 Å². The van der Waals surface area contributed by atoms with Crippen LogP contribution in [0.25, 0.3) is 0 Å². The fraction of sp³-hybridized carbons (Fsp3) is 1.00. The van der Waals surface area contributed by atoms with Gasteiger partial charge in [0.1, 0.15) is 0 Å². The van der Waals surface area contributed by atoms with Gasteiger partial charge in [-0.3, -0.25) is 0 Å². The van der Waals surface area contributed by atoms with Crippen molar-refractivity contribution in [3.63, 3.8) is 0 Å². The molecule has 134 valence electrons. The zero-order valence-corrected chi connectivity index (χ0v) is 18.9. The summed E-state index contributed by atoms with van der Waals surface area (Å²) in [6.07, 6.45) is 0. The van der Waals surface area contributed by atoms with Crippen LogP contribution in [0.15, 0.2) is 0 Å². The number of hydrogen-bond donors (Lipinski definition) is 2. The van der Waals surface area contributed by atoms with Crippen LogP contribution in [0.1, 0.15) is 62.3 Å². The minimum atomic E-state index is -5.22. The van der Waals surface area contributed by atoms with Crippen LogP contribution < -0.4 is 0 Å². The van der Waals surface area contributed by atoms with Crippen LogP contribution in [-0.4, -0.2) is 39.3 Å². The van der Waals surface area contributed by atoms with E-state index in [9.17, 15) is 6.37 Å². The van der Waals surface area contributed by atoms with Gasteiger partial charge >= 0.3 is 142 Å². The molecule has 0 rings (SSSR count). The first-order valence-corrected chi connectivity index (χ1v) is 13.0. The van der Waals surface area contributed by atoms with Crippen LogP contribution >= 0.6 is 0 Å². The molecule has 0 aliphatic heterocycles. The van der Waals surface area contributed by atoms with E-state index in [0.29, 0.717) is 0 Å². The zero-order valence-electron chi connectivity index (χ0n) is 15.4. The van der Waals surface area contributed by atoms with Crippen LogP contribution in [0.4, 0.5) is 0 Å². The van der Waals surface area contributed by atoms with Crippen molar-refractivity contribution in [2.24, 2.45) is 0 Å². The van der Waals surface area contributed by atoms with Crippen LogP contribution in [0.3, 0.4) is 0 Å². The van der Waals surface area contributed by atoms with E-state index in [1.165, 1.54) is 7.11 Å². The molecule has 2 N–H and O–H groups in total. The predicted octanol–water partition coefficient (Wildman–Crippen LogP) is 2.33. The van der Waals surface area contributed by atoms with Gasteiger partial charge < -0.3 is 0 Å². The van der Waals surface area contributed by atoms with E-state index < -0.39 is 47.9 Å². The maximum atomic E-state index is 9.97. The van der Waals surface area contributed by atoms with Gasteiger partial charge in [0.05, 0.1) is 0 Å². The van der Waals surface area contributed by atoms with E-state index in [-0.39, 0.29) is 0 Å². The number of hydrogen-bond acceptors (Lipinski definition) is 7. The second-order valence-corrected chi connectivity index (χ2v) is 15.0. The predicted molar refractivity (Wildman–Crippen MR) is 80.8 cm³/mol. The summed E-state index contributed by atoms with van der Waals surface area (Å²) in [5.74, 6) is 0. The van der Waals surface area contributed by atoms with E-state index in [4.69, 9.17) is 18.6 Å². The maximum absolute atomic E-state index is 9.97. The molecule has 0 aromatic heterocycles. The standard InChI is InChI=1S/C12H27O4Si.CH3O.2H2O.Zr/c1-10(2,3)14-17(13,15-11(4,5)6)16-12(7,8)9;1-2;;;/h1-9H3;1H3;2*1H2;/q2*-1;;;+4/p-2. The summed E-state index contributed by atoms with van der Waals surface area (Å²) >= 11 is -5.22. The molecule has 0 aromatic rings. The van der Waals surface area contributed by atoms with Crippen molar-refractivity contribution in [2.75, 3.05) is 7.11 Å². The first kappa shape index (κ1) is 22.8. The third kappa shape index (κ3) is 10.6. The molecule has 0 amide bonds. The van der Waals surface area contributed by atoms with Crippen molar-refractivity contribution >= 4 is 9.05 Å². The van der Waals surface area contributed by atoms with E-state index in [1.807, 2.05) is 62.3 Å². The molecule has 0 fully saturated rings. The van der Waals surface area contributed by atoms with Crippen LogP contribution in [0.5, 0.6) is 0 Å². The molecular formula is C13H32O7SiZr. The topological polar surface area (TPSA) is 86.6 Å². The van der Waals surface area contributed by atoms with Crippen LogP contribution in [0.2, 0.25) is 0 Å². The average molecular weight is 420 g/mol. The average Bonchev–Trinajstić information content (AvgIpc) is 2.06. The Balaban J connectivity index is 5.79. The molecular weight excluding hydrogens is 387 g/mol. The van der Waals surface area contributed by atoms with Crippen LogP contribution in [0, 0.1) is 0 Å². The van der Waals surface area contributed by atoms with E-state index in [0.717, 1.165) is 0 Å². The van der Waals surface area contributed by atoms with Crippen molar-refractivity contribution in [1.82, 2.24) is 0 Å². The van der Waals surface area contributed by atoms with Gasteiger partial charge in [-0.25, -0.2) is 0 Å². The molecule has 0 aliphatic carbocycles. The van der Waals surface area contributed by atoms with Crippen molar-refractivity contribution in [1.29, 1.82) is 0 Å². The van der Waals surface area contributed by atoms with E-state index in [2.05, 4.69) is 0 Å². The summed E-state index contributed by atoms with van der Waals surface area (Å²) < 4.78 is 48.0. The van der Waals surface area contributed by atoms with Gasteiger partial charge in [-0.1, -0.05) is 0 Å². The Kier molecular flexibility index (Phi) is 7.65. The monoisotopic (exact) mass is 418 g/mol. The third-order valence-corrected chi connectivity index (χ3v) is 10.0. The van der Waals surface area contributed by atoms with Gasteiger partial charge in [0.15, 0.2) is 0 Å². The fourth-order valence-corrected chi connectivity index (χ4v) is 8.30. The second kappa shape index (κ2) is 7.37. The van der Waals surface area contributed by atoms with Crippen molar-refractivity contribution in [3.8, 4) is 0 Å². The van der Waals surface area contributed by atoms with Gasteiger partial charge in [-0.05, 0) is 0 Å². The number of rotatable bonds is 6. The normalized spacial score (nSPS) is 15.3. The van der Waals surface area contributed by atoms with Crippen molar-refractivity contribution in [2.45, 2.75) is 79.1 Å². The molecule has 7 nitrogen and oxygen atoms in total. The molecule has 0 saturated heterocycles. The minimum absolute atomic E-state index is 0.668. The van der Waals surface area contributed by atoms with Crippen molar-refractivity contribution in [3.05, 3.63) is 0 Å². The first-order chi connectivity index (χ1) is 9.39. The Hall–Kier alpha value is 0.820. The quantitative estimate of drug-likeness (QED) is 0.639. The second-order valence-electron chi connectivity index (χ2n) is 8.00. The molecule has 0 radical (unpaired) electrons. The molecule has 0 saturated carbocycles. The Morgan fingerprint density at radius 1 is 0.682 bits per heavy atom. The van der Waals surface area contributed by atoms with Gasteiger partial charge in [0, 0.05) is 0 Å². The molecule has 22 heavy (non-hydrogen) atoms. The molecule has 0 atom stereocenters. The Bertz CT molecular complexity index is 314. The SMILES string of the molecule is C[O][Zr]([OH])([OH])[O][Si](OC(C)(C)C)(OC(C)(C)C)OC(C)(C)C. The molecule has 9 heteroatoms. The van der Waals surface area contributed by atoms with Gasteiger partial charge in [-0.15, -0.1) is 0 Å². The summed E-state index contributed by atoms with van der Waals surface area (Å²) in [6.45, 7) is 16.3. The summed E-state index contributed by atoms with van der Waals surface area (Å²) in [5.41, 5.74) is -2.00. The Morgan fingerprint density at radius 2 is 0.955 bits per heavy atom. The summed E-state index contributed by atoms with van der Waals surface area (Å²) in [5, 5.41) is 0. The molecule has 0 aromatic carbocycles. The summed E-state index contributed by atoms with van der Waals surface area (Å²) in [7, 11) is -2.71. The van der Waals surface area contributed by atoms with Crippen molar-refractivity contribution < 1.29 is 47.0 Å². The first-order valence-electron chi connectivity index (χ1n) is 7.19. The molecule has 0 heterocycles. The fourth-order valence-electron chi connectivity index (χ4n) is 1.45. The molecule has 0 bridgehead atoms. The summed E-state index contributed by atoms with van der Waals surface area (Å²) in [6, 6.07) is 0. The third-order valence-electron chi connectivity index (χ3n) is 1.82. The molecule has 0 aliphatic rings. The van der Waals surface area contributed by atoms with Gasteiger partial charge in [0.2, 0.25) is 0 Å². The van der Waals surface area contributed by atoms with Crippen LogP contribution in [-0.2, 0) is 40.6 Å². The van der Waals surface area contributed by atoms with E-state index >= 15 is 0 Å². The molecule has 0 spiro atoms. The van der Waals surface area contributed by atoms with E-state index in [1.54, 1.807) is 0 Å². The Morgan fingerprint density at radius 3 is 1.14 bits per heavy atom. The Labute approximate surface area is 142 Å². The zero-order chi connectivity index (χ0) is 18.0.